The van der Waals surface area contributed by atoms with Crippen molar-refractivity contribution in [2.45, 2.75) is 30.6 Å². The summed E-state index contributed by atoms with van der Waals surface area (Å²) in [6, 6.07) is 3.75. The summed E-state index contributed by atoms with van der Waals surface area (Å²) in [6.07, 6.45) is 5.08. The normalized spacial score (nSPS) is 21.0. The highest BCUT2D eigenvalue weighted by Crippen LogP contribution is 2.28. The number of aromatic hydroxyl groups is 1. The van der Waals surface area contributed by atoms with Gasteiger partial charge in [-0.25, -0.2) is 9.59 Å². The highest BCUT2D eigenvalue weighted by atomic mass is 32.2. The average Bonchev–Trinajstić information content (AvgIpc) is 2.85. The lowest BCUT2D eigenvalue weighted by atomic mass is 10.2. The summed E-state index contributed by atoms with van der Waals surface area (Å²) >= 11 is 1.81. The number of urea groups is 1. The summed E-state index contributed by atoms with van der Waals surface area (Å²) < 4.78 is 0. The lowest BCUT2D eigenvalue weighted by Gasteiger charge is -2.14. The number of carboxylic acid groups (broad SMARTS) is 1. The number of rotatable bonds is 4. The number of carbonyl (C=O) groups excluding carboxylic acids is 1. The molecule has 1 fully saturated rings. The number of anilines is 1. The molecule has 1 aromatic rings. The van der Waals surface area contributed by atoms with Gasteiger partial charge in [0.25, 0.3) is 0 Å². The van der Waals surface area contributed by atoms with Crippen molar-refractivity contribution in [2.75, 3.05) is 11.6 Å². The molecule has 7 heteroatoms. The smallest absolute Gasteiger partial charge is 0.339 e. The number of phenols is 1. The average molecular weight is 310 g/mol. The Balaban J connectivity index is 1.91. The van der Waals surface area contributed by atoms with Gasteiger partial charge >= 0.3 is 12.0 Å². The maximum absolute atomic E-state index is 11.9. The van der Waals surface area contributed by atoms with Crippen molar-refractivity contribution in [3.63, 3.8) is 0 Å². The van der Waals surface area contributed by atoms with E-state index in [2.05, 4.69) is 16.9 Å². The molecule has 4 N–H and O–H groups in total. The fourth-order valence-corrected chi connectivity index (χ4v) is 3.22. The molecule has 1 aliphatic carbocycles. The van der Waals surface area contributed by atoms with Crippen LogP contribution in [-0.4, -0.2) is 39.8 Å². The zero-order chi connectivity index (χ0) is 15.4. The first-order chi connectivity index (χ1) is 9.99. The van der Waals surface area contributed by atoms with Crippen molar-refractivity contribution < 1.29 is 19.8 Å². The van der Waals surface area contributed by atoms with E-state index in [0.717, 1.165) is 19.3 Å². The van der Waals surface area contributed by atoms with Crippen molar-refractivity contribution in [3.8, 4) is 5.75 Å². The molecule has 0 heterocycles. The second-order valence-corrected chi connectivity index (χ2v) is 6.14. The van der Waals surface area contributed by atoms with Gasteiger partial charge in [-0.3, -0.25) is 0 Å². The Hall–Kier alpha value is -1.89. The summed E-state index contributed by atoms with van der Waals surface area (Å²) in [5.41, 5.74) is 0.161. The number of carbonyl (C=O) groups is 2. The third-order valence-corrected chi connectivity index (χ3v) is 4.63. The highest BCUT2D eigenvalue weighted by molar-refractivity contribution is 7.99. The van der Waals surface area contributed by atoms with Crippen molar-refractivity contribution in [1.82, 2.24) is 5.32 Å². The molecule has 0 saturated heterocycles. The summed E-state index contributed by atoms with van der Waals surface area (Å²) in [5, 5.41) is 24.5. The van der Waals surface area contributed by atoms with Crippen LogP contribution in [-0.2, 0) is 0 Å². The molecule has 1 saturated carbocycles. The third kappa shape index (κ3) is 4.04. The van der Waals surface area contributed by atoms with Crippen LogP contribution < -0.4 is 10.6 Å². The first kappa shape index (κ1) is 15.5. The SMILES string of the molecule is CSC1CCC(NC(=O)Nc2ccc(C(=O)O)c(O)c2)C1. The fraction of sp³-hybridized carbons (Fsp3) is 0.429. The van der Waals surface area contributed by atoms with Gasteiger partial charge in [-0.05, 0) is 37.7 Å². The van der Waals surface area contributed by atoms with Gasteiger partial charge in [0.2, 0.25) is 0 Å². The number of carboxylic acids is 1. The quantitative estimate of drug-likeness (QED) is 0.685. The highest BCUT2D eigenvalue weighted by Gasteiger charge is 2.25. The Morgan fingerprint density at radius 3 is 2.67 bits per heavy atom. The lowest BCUT2D eigenvalue weighted by molar-refractivity contribution is 0.0694. The van der Waals surface area contributed by atoms with Gasteiger partial charge in [0.1, 0.15) is 11.3 Å². The molecule has 1 aliphatic rings. The fourth-order valence-electron chi connectivity index (χ4n) is 2.43. The largest absolute Gasteiger partial charge is 0.507 e. The lowest BCUT2D eigenvalue weighted by Crippen LogP contribution is -2.36. The maximum Gasteiger partial charge on any atom is 0.339 e. The van der Waals surface area contributed by atoms with Gasteiger partial charge in [-0.2, -0.15) is 11.8 Å². The zero-order valence-corrected chi connectivity index (χ0v) is 12.4. The molecule has 0 radical (unpaired) electrons. The van der Waals surface area contributed by atoms with Gasteiger partial charge in [0, 0.05) is 23.0 Å². The number of aromatic carboxylic acids is 1. The second-order valence-electron chi connectivity index (χ2n) is 5.00. The Labute approximate surface area is 126 Å². The topological polar surface area (TPSA) is 98.7 Å². The van der Waals surface area contributed by atoms with Crippen LogP contribution in [0.4, 0.5) is 10.5 Å². The predicted octanol–water partition coefficient (Wildman–Crippen LogP) is 2.50. The molecule has 21 heavy (non-hydrogen) atoms. The van der Waals surface area contributed by atoms with Crippen LogP contribution in [0.25, 0.3) is 0 Å². The molecule has 0 aromatic heterocycles. The van der Waals surface area contributed by atoms with E-state index < -0.39 is 5.97 Å². The standard InChI is InChI=1S/C14H18N2O4S/c1-21-10-4-2-8(6-10)15-14(20)16-9-3-5-11(13(18)19)12(17)7-9/h3,5,7-8,10,17H,2,4,6H2,1H3,(H,18,19)(H2,15,16,20). The second kappa shape index (κ2) is 6.71. The van der Waals surface area contributed by atoms with Crippen molar-refractivity contribution in [1.29, 1.82) is 0 Å². The molecular formula is C14H18N2O4S. The van der Waals surface area contributed by atoms with Crippen LogP contribution >= 0.6 is 11.8 Å². The van der Waals surface area contributed by atoms with E-state index in [1.165, 1.54) is 18.2 Å². The summed E-state index contributed by atoms with van der Waals surface area (Å²) in [6.45, 7) is 0. The van der Waals surface area contributed by atoms with E-state index in [-0.39, 0.29) is 23.4 Å². The minimum absolute atomic E-state index is 0.161. The van der Waals surface area contributed by atoms with Gasteiger partial charge in [0.15, 0.2) is 0 Å². The molecule has 1 aromatic carbocycles. The van der Waals surface area contributed by atoms with Gasteiger partial charge < -0.3 is 20.8 Å². The first-order valence-electron chi connectivity index (χ1n) is 6.66. The van der Waals surface area contributed by atoms with Crippen molar-refractivity contribution >= 4 is 29.4 Å². The molecule has 0 aliphatic heterocycles. The van der Waals surface area contributed by atoms with Gasteiger partial charge in [0.05, 0.1) is 0 Å². The number of nitrogens with one attached hydrogen (secondary N) is 2. The molecule has 6 nitrogen and oxygen atoms in total. The third-order valence-electron chi connectivity index (χ3n) is 3.54. The molecule has 114 valence electrons. The van der Waals surface area contributed by atoms with Crippen LogP contribution in [0.3, 0.4) is 0 Å². The molecule has 2 amide bonds. The number of benzene rings is 1. The van der Waals surface area contributed by atoms with E-state index in [1.54, 1.807) is 0 Å². The predicted molar refractivity (Wildman–Crippen MR) is 82.2 cm³/mol. The Bertz CT molecular complexity index is 550. The minimum Gasteiger partial charge on any atom is -0.507 e. The van der Waals surface area contributed by atoms with Crippen LogP contribution in [0.15, 0.2) is 18.2 Å². The maximum atomic E-state index is 11.9. The first-order valence-corrected chi connectivity index (χ1v) is 7.95. The number of thioether (sulfide) groups is 1. The van der Waals surface area contributed by atoms with E-state index in [9.17, 15) is 14.7 Å². The van der Waals surface area contributed by atoms with Crippen LogP contribution in [0.1, 0.15) is 29.6 Å². The Morgan fingerprint density at radius 1 is 1.33 bits per heavy atom. The van der Waals surface area contributed by atoms with Crippen molar-refractivity contribution in [3.05, 3.63) is 23.8 Å². The van der Waals surface area contributed by atoms with E-state index >= 15 is 0 Å². The monoisotopic (exact) mass is 310 g/mol. The number of amides is 2. The summed E-state index contributed by atoms with van der Waals surface area (Å²) in [4.78, 5) is 22.6. The van der Waals surface area contributed by atoms with Crippen LogP contribution in [0.5, 0.6) is 5.75 Å². The van der Waals surface area contributed by atoms with E-state index in [0.29, 0.717) is 10.9 Å². The van der Waals surface area contributed by atoms with Gasteiger partial charge in [-0.1, -0.05) is 0 Å². The van der Waals surface area contributed by atoms with E-state index in [4.69, 9.17) is 5.11 Å². The van der Waals surface area contributed by atoms with Crippen LogP contribution in [0, 0.1) is 0 Å². The summed E-state index contributed by atoms with van der Waals surface area (Å²) in [5.74, 6) is -1.58. The number of hydrogen-bond donors (Lipinski definition) is 4. The van der Waals surface area contributed by atoms with Crippen LogP contribution in [0.2, 0.25) is 0 Å². The minimum atomic E-state index is -1.21. The zero-order valence-electron chi connectivity index (χ0n) is 11.6. The molecule has 2 unspecified atom stereocenters. The molecule has 0 spiro atoms. The Morgan fingerprint density at radius 2 is 2.10 bits per heavy atom. The van der Waals surface area contributed by atoms with Gasteiger partial charge in [-0.15, -0.1) is 0 Å². The molecular weight excluding hydrogens is 292 g/mol. The Kier molecular flexibility index (Phi) is 4.95. The molecule has 0 bridgehead atoms. The summed E-state index contributed by atoms with van der Waals surface area (Å²) in [7, 11) is 0. The number of hydrogen-bond acceptors (Lipinski definition) is 4. The molecule has 2 rings (SSSR count). The molecule has 2 atom stereocenters. The van der Waals surface area contributed by atoms with E-state index in [1.807, 2.05) is 11.8 Å². The van der Waals surface area contributed by atoms with Crippen molar-refractivity contribution in [2.24, 2.45) is 0 Å².